The minimum Gasteiger partial charge on any atom is -0.462 e. The van der Waals surface area contributed by atoms with E-state index in [4.69, 9.17) is 4.74 Å². The molecule has 0 heterocycles. The summed E-state index contributed by atoms with van der Waals surface area (Å²) in [6.07, 6.45) is 2.65. The highest BCUT2D eigenvalue weighted by Gasteiger charge is 2.06. The Labute approximate surface area is 101 Å². The van der Waals surface area contributed by atoms with Gasteiger partial charge in [0, 0.05) is 19.2 Å². The number of nitrogens with zero attached hydrogens (tertiary/aromatic N) is 1. The number of ether oxygens (including phenoxy) is 1. The molecule has 0 aliphatic heterocycles. The summed E-state index contributed by atoms with van der Waals surface area (Å²) in [6.45, 7) is 5.96. The summed E-state index contributed by atoms with van der Waals surface area (Å²) in [4.78, 5) is 33.4. The van der Waals surface area contributed by atoms with Crippen LogP contribution in [0.1, 0.15) is 26.2 Å². The molecule has 0 atom stereocenters. The summed E-state index contributed by atoms with van der Waals surface area (Å²) in [5.41, 5.74) is 0.390. The molecule has 0 aromatic rings. The zero-order chi connectivity index (χ0) is 13.3. The summed E-state index contributed by atoms with van der Waals surface area (Å²) >= 11 is 0. The molecule has 0 saturated heterocycles. The first-order valence-electron chi connectivity index (χ1n) is 5.52. The Morgan fingerprint density at radius 3 is 2.47 bits per heavy atom. The Bertz CT molecular complexity index is 299. The van der Waals surface area contributed by atoms with Gasteiger partial charge >= 0.3 is 5.97 Å². The molecular weight excluding hydrogens is 222 g/mol. The first-order chi connectivity index (χ1) is 7.99. The van der Waals surface area contributed by atoms with Crippen molar-refractivity contribution >= 4 is 18.2 Å². The molecule has 5 heteroatoms. The van der Waals surface area contributed by atoms with E-state index in [2.05, 4.69) is 6.58 Å². The van der Waals surface area contributed by atoms with Crippen molar-refractivity contribution in [1.82, 2.24) is 4.90 Å². The second-order valence-corrected chi connectivity index (χ2v) is 3.85. The lowest BCUT2D eigenvalue weighted by Crippen LogP contribution is -2.28. The topological polar surface area (TPSA) is 63.7 Å². The molecule has 0 aromatic heterocycles. The molecule has 17 heavy (non-hydrogen) atoms. The lowest BCUT2D eigenvalue weighted by molar-refractivity contribution is -0.139. The maximum absolute atomic E-state index is 11.0. The van der Waals surface area contributed by atoms with E-state index in [9.17, 15) is 14.4 Å². The van der Waals surface area contributed by atoms with E-state index >= 15 is 0 Å². The first-order valence-corrected chi connectivity index (χ1v) is 5.52. The van der Waals surface area contributed by atoms with Crippen LogP contribution in [-0.2, 0) is 19.1 Å². The molecule has 0 aliphatic rings. The van der Waals surface area contributed by atoms with Crippen molar-refractivity contribution in [2.24, 2.45) is 0 Å². The van der Waals surface area contributed by atoms with Crippen molar-refractivity contribution in [2.45, 2.75) is 26.2 Å². The van der Waals surface area contributed by atoms with Crippen LogP contribution in [-0.4, -0.2) is 43.3 Å². The van der Waals surface area contributed by atoms with Crippen molar-refractivity contribution in [2.75, 3.05) is 20.2 Å². The molecule has 0 bridgehead atoms. The molecule has 0 unspecified atom stereocenters. The van der Waals surface area contributed by atoms with Gasteiger partial charge in [0.25, 0.3) is 5.91 Å². The normalized spacial score (nSPS) is 9.53. The molecule has 0 aromatic carbocycles. The molecule has 0 radical (unpaired) electrons. The largest absolute Gasteiger partial charge is 0.462 e. The molecule has 0 rings (SSSR count). The fourth-order valence-electron chi connectivity index (χ4n) is 1.12. The van der Waals surface area contributed by atoms with Gasteiger partial charge in [-0.25, -0.2) is 4.79 Å². The number of rotatable bonds is 8. The number of aldehydes is 1. The molecule has 0 N–H and O–H groups in total. The number of amides is 1. The Hall–Kier alpha value is -1.65. The van der Waals surface area contributed by atoms with Gasteiger partial charge in [-0.2, -0.15) is 0 Å². The molecule has 0 spiro atoms. The van der Waals surface area contributed by atoms with Gasteiger partial charge < -0.3 is 9.64 Å². The van der Waals surface area contributed by atoms with Gasteiger partial charge in [0.05, 0.1) is 6.61 Å². The van der Waals surface area contributed by atoms with Gasteiger partial charge in [0.1, 0.15) is 0 Å². The van der Waals surface area contributed by atoms with E-state index in [0.717, 1.165) is 19.3 Å². The van der Waals surface area contributed by atoms with E-state index in [1.54, 1.807) is 14.0 Å². The zero-order valence-electron chi connectivity index (χ0n) is 10.4. The van der Waals surface area contributed by atoms with E-state index in [1.807, 2.05) is 0 Å². The summed E-state index contributed by atoms with van der Waals surface area (Å²) < 4.78 is 4.90. The van der Waals surface area contributed by atoms with Crippen LogP contribution in [0.25, 0.3) is 0 Å². The Balaban J connectivity index is 3.47. The number of unbranched alkanes of at least 4 members (excludes halogenated alkanes) is 2. The Kier molecular flexibility index (Phi) is 7.67. The summed E-state index contributed by atoms with van der Waals surface area (Å²) in [6, 6.07) is 0. The highest BCUT2D eigenvalue weighted by molar-refractivity contribution is 6.23. The average molecular weight is 241 g/mol. The van der Waals surface area contributed by atoms with Gasteiger partial charge in [-0.1, -0.05) is 6.58 Å². The van der Waals surface area contributed by atoms with E-state index in [-0.39, 0.29) is 5.97 Å². The molecule has 5 nitrogen and oxygen atoms in total. The van der Waals surface area contributed by atoms with Crippen LogP contribution in [0.2, 0.25) is 0 Å². The summed E-state index contributed by atoms with van der Waals surface area (Å²) in [5, 5.41) is 0. The van der Waals surface area contributed by atoms with Crippen LogP contribution in [0.4, 0.5) is 0 Å². The van der Waals surface area contributed by atoms with Crippen LogP contribution in [0.3, 0.4) is 0 Å². The molecule has 0 aliphatic carbocycles. The molecule has 1 amide bonds. The SMILES string of the molecule is C=C(C)C(=O)OCCCCCN(C)C(=O)C=O. The monoisotopic (exact) mass is 241 g/mol. The molecular formula is C12H19NO4. The quantitative estimate of drug-likeness (QED) is 0.208. The number of hydrogen-bond acceptors (Lipinski definition) is 4. The molecule has 0 saturated carbocycles. The smallest absolute Gasteiger partial charge is 0.333 e. The van der Waals surface area contributed by atoms with Crippen LogP contribution < -0.4 is 0 Å². The summed E-state index contributed by atoms with van der Waals surface area (Å²) in [7, 11) is 1.58. The number of esters is 1. The lowest BCUT2D eigenvalue weighted by atomic mass is 10.2. The van der Waals surface area contributed by atoms with Gasteiger partial charge in [-0.3, -0.25) is 9.59 Å². The second kappa shape index (κ2) is 8.50. The van der Waals surface area contributed by atoms with Crippen molar-refractivity contribution in [3.63, 3.8) is 0 Å². The zero-order valence-corrected chi connectivity index (χ0v) is 10.4. The van der Waals surface area contributed by atoms with Crippen LogP contribution in [0.15, 0.2) is 12.2 Å². The van der Waals surface area contributed by atoms with Gasteiger partial charge in [-0.05, 0) is 26.2 Å². The van der Waals surface area contributed by atoms with Crippen molar-refractivity contribution < 1.29 is 19.1 Å². The number of carbonyl (C=O) groups is 3. The average Bonchev–Trinajstić information content (AvgIpc) is 2.31. The summed E-state index contributed by atoms with van der Waals surface area (Å²) in [5.74, 6) is -0.892. The van der Waals surface area contributed by atoms with Crippen molar-refractivity contribution in [1.29, 1.82) is 0 Å². The van der Waals surface area contributed by atoms with Crippen LogP contribution >= 0.6 is 0 Å². The van der Waals surface area contributed by atoms with Gasteiger partial charge in [-0.15, -0.1) is 0 Å². The highest BCUT2D eigenvalue weighted by Crippen LogP contribution is 2.00. The minimum atomic E-state index is -0.515. The number of likely N-dealkylation sites (N-methyl/N-ethyl adjacent to an activating group) is 1. The Morgan fingerprint density at radius 2 is 1.94 bits per heavy atom. The predicted molar refractivity (Wildman–Crippen MR) is 63.3 cm³/mol. The minimum absolute atomic E-state index is 0.300. The second-order valence-electron chi connectivity index (χ2n) is 3.85. The number of hydrogen-bond donors (Lipinski definition) is 0. The number of carbonyl (C=O) groups excluding carboxylic acids is 3. The molecule has 96 valence electrons. The Morgan fingerprint density at radius 1 is 1.29 bits per heavy atom. The third-order valence-electron chi connectivity index (χ3n) is 2.20. The highest BCUT2D eigenvalue weighted by atomic mass is 16.5. The van der Waals surface area contributed by atoms with E-state index in [0.29, 0.717) is 25.0 Å². The molecule has 0 fully saturated rings. The fourth-order valence-corrected chi connectivity index (χ4v) is 1.12. The standard InChI is InChI=1S/C12H19NO4/c1-10(2)12(16)17-8-6-4-5-7-13(3)11(15)9-14/h9H,1,4-8H2,2-3H3. The first kappa shape index (κ1) is 15.3. The maximum Gasteiger partial charge on any atom is 0.333 e. The lowest BCUT2D eigenvalue weighted by Gasteiger charge is -2.13. The van der Waals surface area contributed by atoms with Crippen molar-refractivity contribution in [3.8, 4) is 0 Å². The van der Waals surface area contributed by atoms with E-state index in [1.165, 1.54) is 4.90 Å². The predicted octanol–water partition coefficient (Wildman–Crippen LogP) is 0.933. The van der Waals surface area contributed by atoms with Crippen LogP contribution in [0.5, 0.6) is 0 Å². The van der Waals surface area contributed by atoms with Gasteiger partial charge in [0.2, 0.25) is 6.29 Å². The fraction of sp³-hybridized carbons (Fsp3) is 0.583. The third kappa shape index (κ3) is 7.27. The van der Waals surface area contributed by atoms with E-state index < -0.39 is 5.91 Å². The maximum atomic E-state index is 11.0. The van der Waals surface area contributed by atoms with Crippen molar-refractivity contribution in [3.05, 3.63) is 12.2 Å². The third-order valence-corrected chi connectivity index (χ3v) is 2.20. The van der Waals surface area contributed by atoms with Gasteiger partial charge in [0.15, 0.2) is 0 Å². The van der Waals surface area contributed by atoms with Crippen LogP contribution in [0, 0.1) is 0 Å².